The highest BCUT2D eigenvalue weighted by atomic mass is 32.1. The molecule has 1 aliphatic carbocycles. The zero-order valence-electron chi connectivity index (χ0n) is 19.1. The first-order valence-corrected chi connectivity index (χ1v) is 12.3. The van der Waals surface area contributed by atoms with Crippen molar-refractivity contribution >= 4 is 18.4 Å². The first-order valence-electron chi connectivity index (χ1n) is 11.8. The average Bonchev–Trinajstić information content (AvgIpc) is 3.59. The van der Waals surface area contributed by atoms with Crippen LogP contribution in [0.1, 0.15) is 50.6 Å². The molecule has 0 N–H and O–H groups in total. The average molecular weight is 463 g/mol. The molecule has 1 aromatic carbocycles. The molecule has 2 saturated heterocycles. The summed E-state index contributed by atoms with van der Waals surface area (Å²) in [5.41, 5.74) is 1.73. The summed E-state index contributed by atoms with van der Waals surface area (Å²) in [7, 11) is 2.11. The van der Waals surface area contributed by atoms with Gasteiger partial charge in [0.25, 0.3) is 0 Å². The summed E-state index contributed by atoms with van der Waals surface area (Å²) in [4.78, 5) is 17.6. The molecule has 0 aromatic heterocycles. The summed E-state index contributed by atoms with van der Waals surface area (Å²) in [6, 6.07) is 6.22. The van der Waals surface area contributed by atoms with E-state index < -0.39 is 6.04 Å². The smallest absolute Gasteiger partial charge is 0.163 e. The van der Waals surface area contributed by atoms with Crippen LogP contribution in [0, 0.1) is 11.7 Å². The van der Waals surface area contributed by atoms with E-state index in [1.54, 1.807) is 12.1 Å². The lowest BCUT2D eigenvalue weighted by Crippen LogP contribution is -2.43. The Labute approximate surface area is 196 Å². The number of hydrogen-bond acceptors (Lipinski definition) is 6. The van der Waals surface area contributed by atoms with Crippen LogP contribution in [0.2, 0.25) is 0 Å². The Morgan fingerprint density at radius 2 is 2.06 bits per heavy atom. The Morgan fingerprint density at radius 3 is 2.75 bits per heavy atom. The Kier molecular flexibility index (Phi) is 8.05. The van der Waals surface area contributed by atoms with Gasteiger partial charge in [-0.15, -0.1) is 0 Å². The van der Waals surface area contributed by atoms with Crippen LogP contribution in [0.4, 0.5) is 4.39 Å². The number of nitrogens with zero attached hydrogens (tertiary/aromatic N) is 2. The van der Waals surface area contributed by atoms with Gasteiger partial charge in [-0.2, -0.15) is 12.6 Å². The topological polar surface area (TPSA) is 42.0 Å². The maximum absolute atomic E-state index is 14.7. The van der Waals surface area contributed by atoms with Gasteiger partial charge in [0.2, 0.25) is 0 Å². The fraction of sp³-hybridized carbons (Fsp3) is 0.640. The number of carbonyl (C=O) groups excluding carboxylic acids is 1. The molecule has 0 spiro atoms. The molecule has 0 amide bonds. The molecule has 0 radical (unpaired) electrons. The van der Waals surface area contributed by atoms with Gasteiger partial charge < -0.3 is 14.4 Å². The van der Waals surface area contributed by atoms with Crippen LogP contribution >= 0.6 is 12.6 Å². The number of hydrogen-bond donors (Lipinski definition) is 1. The summed E-state index contributed by atoms with van der Waals surface area (Å²) >= 11 is 4.80. The predicted molar refractivity (Wildman–Crippen MR) is 126 cm³/mol. The number of benzene rings is 1. The minimum atomic E-state index is -0.504. The molecular formula is C25H35FN2O3S. The van der Waals surface area contributed by atoms with Gasteiger partial charge in [0, 0.05) is 36.4 Å². The van der Waals surface area contributed by atoms with Gasteiger partial charge in [-0.3, -0.25) is 9.69 Å². The maximum Gasteiger partial charge on any atom is 0.163 e. The highest BCUT2D eigenvalue weighted by Crippen LogP contribution is 2.39. The molecule has 4 rings (SSSR count). The molecule has 2 unspecified atom stereocenters. The van der Waals surface area contributed by atoms with E-state index in [4.69, 9.17) is 22.1 Å². The molecule has 3 aliphatic rings. The van der Waals surface area contributed by atoms with E-state index in [0.717, 1.165) is 51.7 Å². The second-order valence-corrected chi connectivity index (χ2v) is 9.95. The second-order valence-electron chi connectivity index (χ2n) is 9.33. The lowest BCUT2D eigenvalue weighted by molar-refractivity contribution is -0.377. The van der Waals surface area contributed by atoms with E-state index >= 15 is 0 Å². The molecule has 2 atom stereocenters. The van der Waals surface area contributed by atoms with Crippen molar-refractivity contribution in [2.24, 2.45) is 5.92 Å². The number of ether oxygens (including phenoxy) is 2. The molecule has 7 heteroatoms. The normalized spacial score (nSPS) is 28.7. The SMILES string of the molecule is CC1OC(CCCN(C)C/C=C2/CN(C(C(=O)C3CC3)c3ccccc3F)CCC2S)O1. The maximum atomic E-state index is 14.7. The number of halogens is 1. The number of piperidine rings is 1. The van der Waals surface area contributed by atoms with E-state index in [2.05, 4.69) is 22.9 Å². The summed E-state index contributed by atoms with van der Waals surface area (Å²) in [6.45, 7) is 5.09. The molecule has 3 fully saturated rings. The third kappa shape index (κ3) is 6.00. The lowest BCUT2D eigenvalue weighted by atomic mass is 9.93. The molecule has 1 aromatic rings. The molecule has 176 valence electrons. The largest absolute Gasteiger partial charge is 0.324 e. The van der Waals surface area contributed by atoms with E-state index in [0.29, 0.717) is 12.1 Å². The summed E-state index contributed by atoms with van der Waals surface area (Å²) in [6.07, 6.45) is 6.75. The van der Waals surface area contributed by atoms with Crippen LogP contribution in [-0.4, -0.2) is 66.6 Å². The number of carbonyl (C=O) groups is 1. The third-order valence-corrected chi connectivity index (χ3v) is 7.24. The second kappa shape index (κ2) is 10.8. The van der Waals surface area contributed by atoms with Gasteiger partial charge in [-0.05, 0) is 64.3 Å². The molecule has 32 heavy (non-hydrogen) atoms. The van der Waals surface area contributed by atoms with Crippen LogP contribution in [0.25, 0.3) is 0 Å². The van der Waals surface area contributed by atoms with Crippen molar-refractivity contribution in [1.29, 1.82) is 0 Å². The Morgan fingerprint density at radius 1 is 1.31 bits per heavy atom. The standard InChI is InChI=1S/C25H35FN2O3S/c1-17-30-23(31-17)8-5-13-27(2)14-11-19-16-28(15-12-22(19)32)24(25(29)18-9-10-18)20-6-3-4-7-21(20)26/h3-4,6-7,11,17-18,22-24,32H,5,8-10,12-16H2,1-2H3/b19-11-. The number of ketones is 1. The molecule has 0 bridgehead atoms. The zero-order valence-corrected chi connectivity index (χ0v) is 20.0. The van der Waals surface area contributed by atoms with Crippen molar-refractivity contribution in [3.63, 3.8) is 0 Å². The van der Waals surface area contributed by atoms with Gasteiger partial charge in [0.05, 0.1) is 6.04 Å². The fourth-order valence-corrected chi connectivity index (χ4v) is 4.90. The quantitative estimate of drug-likeness (QED) is 0.417. The van der Waals surface area contributed by atoms with Gasteiger partial charge in [-0.25, -0.2) is 4.39 Å². The minimum absolute atomic E-state index is 0.0511. The van der Waals surface area contributed by atoms with E-state index in [-0.39, 0.29) is 35.3 Å². The van der Waals surface area contributed by atoms with E-state index in [1.807, 2.05) is 13.0 Å². The highest BCUT2D eigenvalue weighted by Gasteiger charge is 2.40. The number of rotatable bonds is 10. The highest BCUT2D eigenvalue weighted by molar-refractivity contribution is 7.81. The van der Waals surface area contributed by atoms with Gasteiger partial charge in [0.15, 0.2) is 18.4 Å². The molecule has 2 aliphatic heterocycles. The van der Waals surface area contributed by atoms with E-state index in [1.165, 1.54) is 11.6 Å². The number of thiol groups is 1. The number of likely N-dealkylation sites (tertiary alicyclic amines) is 1. The van der Waals surface area contributed by atoms with Crippen LogP contribution in [0.3, 0.4) is 0 Å². The van der Waals surface area contributed by atoms with Crippen LogP contribution in [-0.2, 0) is 14.3 Å². The van der Waals surface area contributed by atoms with Crippen molar-refractivity contribution in [3.05, 3.63) is 47.3 Å². The predicted octanol–water partition coefficient (Wildman–Crippen LogP) is 4.21. The molecular weight excluding hydrogens is 427 g/mol. The van der Waals surface area contributed by atoms with Crippen molar-refractivity contribution in [2.45, 2.75) is 62.9 Å². The van der Waals surface area contributed by atoms with Gasteiger partial charge in [0.1, 0.15) is 5.82 Å². The van der Waals surface area contributed by atoms with Crippen molar-refractivity contribution in [1.82, 2.24) is 9.80 Å². The minimum Gasteiger partial charge on any atom is -0.324 e. The van der Waals surface area contributed by atoms with Crippen LogP contribution in [0.15, 0.2) is 35.9 Å². The molecule has 1 saturated carbocycles. The summed E-state index contributed by atoms with van der Waals surface area (Å²) in [5, 5.41) is 0.176. The van der Waals surface area contributed by atoms with Crippen molar-refractivity contribution in [2.75, 3.05) is 33.2 Å². The summed E-state index contributed by atoms with van der Waals surface area (Å²) in [5.74, 6) is -0.0454. The molecule has 5 nitrogen and oxygen atoms in total. The van der Waals surface area contributed by atoms with Crippen LogP contribution in [0.5, 0.6) is 0 Å². The molecule has 2 heterocycles. The van der Waals surface area contributed by atoms with Gasteiger partial charge >= 0.3 is 0 Å². The summed E-state index contributed by atoms with van der Waals surface area (Å²) < 4.78 is 25.6. The monoisotopic (exact) mass is 462 g/mol. The van der Waals surface area contributed by atoms with Crippen molar-refractivity contribution in [3.8, 4) is 0 Å². The number of Topliss-reactive ketones (excluding diaryl/α,β-unsaturated/α-hetero) is 1. The van der Waals surface area contributed by atoms with Crippen LogP contribution < -0.4 is 0 Å². The van der Waals surface area contributed by atoms with E-state index in [9.17, 15) is 9.18 Å². The van der Waals surface area contributed by atoms with Crippen molar-refractivity contribution < 1.29 is 18.7 Å². The Hall–Kier alpha value is -1.25. The first kappa shape index (κ1) is 23.9. The first-order chi connectivity index (χ1) is 15.4. The zero-order chi connectivity index (χ0) is 22.7. The Balaban J connectivity index is 1.37. The third-order valence-electron chi connectivity index (χ3n) is 6.65. The van der Waals surface area contributed by atoms with Gasteiger partial charge in [-0.1, -0.05) is 24.3 Å². The Bertz CT molecular complexity index is 825. The number of likely N-dealkylation sites (N-methyl/N-ethyl adjacent to an activating group) is 1. The fourth-order valence-electron chi connectivity index (χ4n) is 4.60. The lowest BCUT2D eigenvalue weighted by Gasteiger charge is -2.38.